The summed E-state index contributed by atoms with van der Waals surface area (Å²) in [5.74, 6) is 0.388. The quantitative estimate of drug-likeness (QED) is 0.628. The summed E-state index contributed by atoms with van der Waals surface area (Å²) in [7, 11) is 0. The Hall–Kier alpha value is 0.480. The molecule has 1 atom stereocenters. The zero-order valence-electron chi connectivity index (χ0n) is 6.63. The summed E-state index contributed by atoms with van der Waals surface area (Å²) in [5.41, 5.74) is 0. The maximum atomic E-state index is 11.0. The van der Waals surface area contributed by atoms with Crippen molar-refractivity contribution in [1.82, 2.24) is 0 Å². The number of hydrogen-bond donors (Lipinski definition) is 0. The van der Waals surface area contributed by atoms with Gasteiger partial charge in [0.25, 0.3) is 6.72 Å². The smallest absolute Gasteiger partial charge is 0.289 e. The van der Waals surface area contributed by atoms with E-state index in [1.807, 2.05) is 13.8 Å². The van der Waals surface area contributed by atoms with Gasteiger partial charge < -0.3 is 4.52 Å². The van der Waals surface area contributed by atoms with Crippen LogP contribution in [-0.4, -0.2) is 12.8 Å². The fraction of sp³-hybridized carbons (Fsp3) is 1.00. The minimum absolute atomic E-state index is 0.388. The van der Waals surface area contributed by atoms with Crippen LogP contribution < -0.4 is 0 Å². The Labute approximate surface area is 67.1 Å². The van der Waals surface area contributed by atoms with E-state index in [0.29, 0.717) is 18.7 Å². The molecular weight excluding hydrogens is 170 g/mol. The molecule has 0 aromatic heterocycles. The van der Waals surface area contributed by atoms with Gasteiger partial charge in [0.15, 0.2) is 0 Å². The Bertz CT molecular complexity index is 136. The summed E-state index contributed by atoms with van der Waals surface area (Å²) in [6, 6.07) is 0. The van der Waals surface area contributed by atoms with Crippen molar-refractivity contribution in [2.45, 2.75) is 20.8 Å². The Morgan fingerprint density at radius 1 is 1.60 bits per heavy atom. The third kappa shape index (κ3) is 5.28. The molecule has 0 fully saturated rings. The lowest BCUT2D eigenvalue weighted by Crippen LogP contribution is -1.98. The van der Waals surface area contributed by atoms with Crippen LogP contribution in [0.5, 0.6) is 0 Å². The van der Waals surface area contributed by atoms with E-state index in [9.17, 15) is 4.57 Å². The highest BCUT2D eigenvalue weighted by Gasteiger charge is 2.15. The van der Waals surface area contributed by atoms with Crippen LogP contribution in [0.1, 0.15) is 20.8 Å². The predicted octanol–water partition coefficient (Wildman–Crippen LogP) is 3.11. The molecule has 62 valence electrons. The lowest BCUT2D eigenvalue weighted by atomic mass is 10.2. The van der Waals surface area contributed by atoms with Crippen LogP contribution >= 0.6 is 18.0 Å². The topological polar surface area (TPSA) is 26.3 Å². The van der Waals surface area contributed by atoms with Gasteiger partial charge in [0.1, 0.15) is 0 Å². The monoisotopic (exact) mass is 184 g/mol. The molecule has 0 radical (unpaired) electrons. The molecule has 0 spiro atoms. The minimum Gasteiger partial charge on any atom is -0.317 e. The van der Waals surface area contributed by atoms with Crippen molar-refractivity contribution in [3.63, 3.8) is 0 Å². The minimum atomic E-state index is -2.76. The van der Waals surface area contributed by atoms with Gasteiger partial charge in [-0.05, 0) is 17.2 Å². The Morgan fingerprint density at radius 3 is 2.40 bits per heavy atom. The summed E-state index contributed by atoms with van der Waals surface area (Å²) in [6.45, 7) is 3.47. The van der Waals surface area contributed by atoms with Gasteiger partial charge >= 0.3 is 0 Å². The Kier molecular flexibility index (Phi) is 4.59. The number of rotatable bonds is 4. The molecule has 0 aliphatic heterocycles. The van der Waals surface area contributed by atoms with Gasteiger partial charge in [0, 0.05) is 6.16 Å². The molecule has 4 heteroatoms. The van der Waals surface area contributed by atoms with E-state index in [-0.39, 0.29) is 0 Å². The van der Waals surface area contributed by atoms with E-state index >= 15 is 0 Å². The van der Waals surface area contributed by atoms with Crippen molar-refractivity contribution in [3.05, 3.63) is 0 Å². The third-order valence-electron chi connectivity index (χ3n) is 0.978. The highest BCUT2D eigenvalue weighted by molar-refractivity contribution is 7.85. The van der Waals surface area contributed by atoms with Crippen LogP contribution in [0.2, 0.25) is 0 Å². The standard InChI is InChI=1S/C6H14ClO2P/c1-4-10(7,8)9-5-6(2)3/h6H,4-5H2,1-3H3. The second-order valence-electron chi connectivity index (χ2n) is 2.60. The van der Waals surface area contributed by atoms with E-state index in [4.69, 9.17) is 15.8 Å². The number of hydrogen-bond acceptors (Lipinski definition) is 2. The normalized spacial score (nSPS) is 17.3. The van der Waals surface area contributed by atoms with Crippen LogP contribution in [-0.2, 0) is 9.09 Å². The van der Waals surface area contributed by atoms with Gasteiger partial charge in [-0.3, -0.25) is 4.57 Å². The molecule has 0 amide bonds. The van der Waals surface area contributed by atoms with E-state index < -0.39 is 6.72 Å². The molecule has 1 unspecified atom stereocenters. The van der Waals surface area contributed by atoms with Crippen molar-refractivity contribution in [2.24, 2.45) is 5.92 Å². The zero-order chi connectivity index (χ0) is 8.20. The van der Waals surface area contributed by atoms with E-state index in [2.05, 4.69) is 0 Å². The molecule has 0 aromatic carbocycles. The molecular formula is C6H14ClO2P. The van der Waals surface area contributed by atoms with Gasteiger partial charge in [-0.25, -0.2) is 0 Å². The fourth-order valence-corrected chi connectivity index (χ4v) is 1.22. The highest BCUT2D eigenvalue weighted by atomic mass is 35.7. The highest BCUT2D eigenvalue weighted by Crippen LogP contribution is 2.51. The van der Waals surface area contributed by atoms with E-state index in [1.54, 1.807) is 6.92 Å². The lowest BCUT2D eigenvalue weighted by molar-refractivity contribution is 0.279. The maximum absolute atomic E-state index is 11.0. The van der Waals surface area contributed by atoms with E-state index in [0.717, 1.165) is 0 Å². The van der Waals surface area contributed by atoms with Crippen LogP contribution in [0.15, 0.2) is 0 Å². The Morgan fingerprint density at radius 2 is 2.10 bits per heavy atom. The maximum Gasteiger partial charge on any atom is 0.289 e. The van der Waals surface area contributed by atoms with Gasteiger partial charge in [-0.15, -0.1) is 0 Å². The van der Waals surface area contributed by atoms with Crippen LogP contribution in [0.3, 0.4) is 0 Å². The van der Waals surface area contributed by atoms with Crippen molar-refractivity contribution in [3.8, 4) is 0 Å². The van der Waals surface area contributed by atoms with E-state index in [1.165, 1.54) is 0 Å². The molecule has 2 nitrogen and oxygen atoms in total. The SMILES string of the molecule is CCP(=O)(Cl)OCC(C)C. The first kappa shape index (κ1) is 10.5. The average molecular weight is 185 g/mol. The average Bonchev–Trinajstić information content (AvgIpc) is 1.85. The first-order valence-electron chi connectivity index (χ1n) is 3.41. The van der Waals surface area contributed by atoms with Crippen molar-refractivity contribution >= 4 is 18.0 Å². The summed E-state index contributed by atoms with van der Waals surface area (Å²) in [4.78, 5) is 0. The second-order valence-corrected chi connectivity index (χ2v) is 6.21. The van der Waals surface area contributed by atoms with Gasteiger partial charge in [-0.1, -0.05) is 20.8 Å². The van der Waals surface area contributed by atoms with Gasteiger partial charge in [0.05, 0.1) is 6.61 Å². The number of halogens is 1. The molecule has 0 aliphatic carbocycles. The third-order valence-corrected chi connectivity index (χ3v) is 3.28. The lowest BCUT2D eigenvalue weighted by Gasteiger charge is -2.10. The van der Waals surface area contributed by atoms with Crippen LogP contribution in [0, 0.1) is 5.92 Å². The van der Waals surface area contributed by atoms with Gasteiger partial charge in [0.2, 0.25) is 0 Å². The molecule has 0 heterocycles. The summed E-state index contributed by atoms with van der Waals surface area (Å²) in [6.07, 6.45) is 0.404. The summed E-state index contributed by atoms with van der Waals surface area (Å²) < 4.78 is 16.0. The fourth-order valence-electron chi connectivity index (χ4n) is 0.352. The molecule has 0 aliphatic rings. The molecule has 0 bridgehead atoms. The molecule has 10 heavy (non-hydrogen) atoms. The van der Waals surface area contributed by atoms with Crippen molar-refractivity contribution in [2.75, 3.05) is 12.8 Å². The molecule has 0 rings (SSSR count). The molecule has 0 aromatic rings. The first-order chi connectivity index (χ1) is 4.48. The predicted molar refractivity (Wildman–Crippen MR) is 44.8 cm³/mol. The van der Waals surface area contributed by atoms with Crippen LogP contribution in [0.25, 0.3) is 0 Å². The summed E-state index contributed by atoms with van der Waals surface area (Å²) >= 11 is 5.50. The molecule has 0 saturated heterocycles. The van der Waals surface area contributed by atoms with Gasteiger partial charge in [-0.2, -0.15) is 0 Å². The second kappa shape index (κ2) is 4.38. The Balaban J connectivity index is 3.58. The van der Waals surface area contributed by atoms with Crippen molar-refractivity contribution in [1.29, 1.82) is 0 Å². The molecule has 0 saturated carbocycles. The summed E-state index contributed by atoms with van der Waals surface area (Å²) in [5, 5.41) is 0. The van der Waals surface area contributed by atoms with Crippen LogP contribution in [0.4, 0.5) is 0 Å². The molecule has 0 N–H and O–H groups in total. The largest absolute Gasteiger partial charge is 0.317 e. The zero-order valence-corrected chi connectivity index (χ0v) is 8.28. The first-order valence-corrected chi connectivity index (χ1v) is 6.12. The van der Waals surface area contributed by atoms with Crippen molar-refractivity contribution < 1.29 is 9.09 Å².